The van der Waals surface area contributed by atoms with Crippen LogP contribution in [0, 0.1) is 0 Å². The molecule has 0 spiro atoms. The molecule has 1 aliphatic heterocycles. The Morgan fingerprint density at radius 2 is 1.89 bits per heavy atom. The minimum Gasteiger partial charge on any atom is -0.481 e. The molecule has 1 atom stereocenters. The number of nitrogens with zero attached hydrogens (tertiary/aromatic N) is 1. The van der Waals surface area contributed by atoms with Gasteiger partial charge in [0.25, 0.3) is 5.91 Å². The molecular formula is C24H30N2O2. The lowest BCUT2D eigenvalue weighted by Crippen LogP contribution is -2.37. The summed E-state index contributed by atoms with van der Waals surface area (Å²) in [6.07, 6.45) is 6.37. The number of para-hydroxylation sites is 1. The number of aryl methyl sites for hydroxylation is 2. The maximum absolute atomic E-state index is 12.4. The van der Waals surface area contributed by atoms with Gasteiger partial charge in [0.05, 0.1) is 0 Å². The van der Waals surface area contributed by atoms with Crippen molar-refractivity contribution in [3.8, 4) is 5.75 Å². The predicted octanol–water partition coefficient (Wildman–Crippen LogP) is 3.90. The number of carbonyl (C=O) groups excluding carboxylic acids is 1. The molecule has 4 rings (SSSR count). The van der Waals surface area contributed by atoms with E-state index in [0.29, 0.717) is 6.54 Å². The van der Waals surface area contributed by atoms with Crippen LogP contribution >= 0.6 is 0 Å². The van der Waals surface area contributed by atoms with Crippen molar-refractivity contribution in [3.05, 3.63) is 59.2 Å². The second-order valence-corrected chi connectivity index (χ2v) is 7.91. The molecule has 0 radical (unpaired) electrons. The molecule has 2 aromatic carbocycles. The van der Waals surface area contributed by atoms with Gasteiger partial charge in [-0.3, -0.25) is 4.79 Å². The molecule has 1 aliphatic carbocycles. The van der Waals surface area contributed by atoms with E-state index in [1.54, 1.807) is 0 Å². The molecule has 0 saturated carbocycles. The molecule has 0 bridgehead atoms. The normalized spacial score (nSPS) is 16.2. The van der Waals surface area contributed by atoms with E-state index in [9.17, 15) is 4.79 Å². The number of hydrogen-bond acceptors (Lipinski definition) is 3. The first-order chi connectivity index (χ1) is 13.7. The van der Waals surface area contributed by atoms with Gasteiger partial charge in [-0.05, 0) is 80.3 Å². The fourth-order valence-corrected chi connectivity index (χ4v) is 4.30. The Morgan fingerprint density at radius 3 is 2.79 bits per heavy atom. The van der Waals surface area contributed by atoms with Gasteiger partial charge in [-0.2, -0.15) is 0 Å². The van der Waals surface area contributed by atoms with Crippen molar-refractivity contribution in [2.75, 3.05) is 24.5 Å². The lowest BCUT2D eigenvalue weighted by Gasteiger charge is -2.20. The minimum absolute atomic E-state index is 0.0421. The number of amides is 1. The smallest absolute Gasteiger partial charge is 0.260 e. The van der Waals surface area contributed by atoms with Crippen LogP contribution in [0.15, 0.2) is 42.5 Å². The number of carbonyl (C=O) groups is 1. The summed E-state index contributed by atoms with van der Waals surface area (Å²) in [7, 11) is 0. The molecule has 0 aromatic heterocycles. The van der Waals surface area contributed by atoms with Crippen molar-refractivity contribution < 1.29 is 9.53 Å². The average Bonchev–Trinajstić information content (AvgIpc) is 3.14. The second-order valence-electron chi connectivity index (χ2n) is 7.91. The van der Waals surface area contributed by atoms with Gasteiger partial charge in [-0.25, -0.2) is 0 Å². The highest BCUT2D eigenvalue weighted by molar-refractivity contribution is 5.80. The first kappa shape index (κ1) is 18.9. The van der Waals surface area contributed by atoms with Crippen LogP contribution in [0.4, 0.5) is 5.69 Å². The zero-order chi connectivity index (χ0) is 19.3. The summed E-state index contributed by atoms with van der Waals surface area (Å²) in [5, 5.41) is 3.02. The number of anilines is 1. The van der Waals surface area contributed by atoms with Crippen molar-refractivity contribution in [3.63, 3.8) is 0 Å². The Bertz CT molecular complexity index is 833. The monoisotopic (exact) mass is 378 g/mol. The average molecular weight is 379 g/mol. The highest BCUT2D eigenvalue weighted by atomic mass is 16.5. The molecule has 148 valence electrons. The maximum atomic E-state index is 12.4. The van der Waals surface area contributed by atoms with Crippen LogP contribution in [-0.4, -0.2) is 31.6 Å². The molecule has 1 N–H and O–H groups in total. The van der Waals surface area contributed by atoms with Gasteiger partial charge in [0, 0.05) is 25.3 Å². The number of fused-ring (bicyclic) bond motifs is 2. The molecule has 0 unspecified atom stereocenters. The first-order valence-corrected chi connectivity index (χ1v) is 10.6. The largest absolute Gasteiger partial charge is 0.481 e. The molecule has 1 amide bonds. The molecule has 2 aliphatic rings. The summed E-state index contributed by atoms with van der Waals surface area (Å²) in [6.45, 7) is 4.55. The summed E-state index contributed by atoms with van der Waals surface area (Å²) in [4.78, 5) is 14.8. The molecule has 28 heavy (non-hydrogen) atoms. The minimum atomic E-state index is -0.478. The SMILES string of the molecule is C[C@@H](Oc1ccc2c(c1)CCCC2)C(=O)NCCCN1CCc2ccccc21. The Morgan fingerprint density at radius 1 is 1.07 bits per heavy atom. The van der Waals surface area contributed by atoms with Crippen LogP contribution in [0.2, 0.25) is 0 Å². The zero-order valence-corrected chi connectivity index (χ0v) is 16.7. The second kappa shape index (κ2) is 8.68. The molecule has 2 aromatic rings. The Hall–Kier alpha value is -2.49. The van der Waals surface area contributed by atoms with E-state index >= 15 is 0 Å². The third kappa shape index (κ3) is 4.32. The standard InChI is InChI=1S/C24H30N2O2/c1-18(28-22-12-11-19-7-2-3-9-21(19)17-22)24(27)25-14-6-15-26-16-13-20-8-4-5-10-23(20)26/h4-5,8,10-12,17-18H,2-3,6-7,9,13-16H2,1H3,(H,25,27)/t18-/m1/s1. The van der Waals surface area contributed by atoms with Gasteiger partial charge < -0.3 is 15.0 Å². The van der Waals surface area contributed by atoms with Crippen LogP contribution in [0.25, 0.3) is 0 Å². The summed E-state index contributed by atoms with van der Waals surface area (Å²) < 4.78 is 5.90. The van der Waals surface area contributed by atoms with Crippen molar-refractivity contribution in [2.45, 2.75) is 51.6 Å². The summed E-state index contributed by atoms with van der Waals surface area (Å²) in [6, 6.07) is 14.9. The van der Waals surface area contributed by atoms with Crippen LogP contribution in [-0.2, 0) is 24.1 Å². The summed E-state index contributed by atoms with van der Waals surface area (Å²) in [5.74, 6) is 0.761. The van der Waals surface area contributed by atoms with E-state index in [4.69, 9.17) is 4.74 Å². The third-order valence-corrected chi connectivity index (χ3v) is 5.89. The van der Waals surface area contributed by atoms with Crippen molar-refractivity contribution >= 4 is 11.6 Å². The van der Waals surface area contributed by atoms with E-state index in [1.807, 2.05) is 13.0 Å². The lowest BCUT2D eigenvalue weighted by molar-refractivity contribution is -0.127. The quantitative estimate of drug-likeness (QED) is 0.743. The fraction of sp³-hybridized carbons (Fsp3) is 0.458. The van der Waals surface area contributed by atoms with Gasteiger partial charge >= 0.3 is 0 Å². The van der Waals surface area contributed by atoms with E-state index < -0.39 is 6.10 Å². The topological polar surface area (TPSA) is 41.6 Å². The van der Waals surface area contributed by atoms with Crippen LogP contribution in [0.1, 0.15) is 42.9 Å². The number of benzene rings is 2. The van der Waals surface area contributed by atoms with Gasteiger partial charge in [0.2, 0.25) is 0 Å². The zero-order valence-electron chi connectivity index (χ0n) is 16.7. The van der Waals surface area contributed by atoms with Crippen molar-refractivity contribution in [2.24, 2.45) is 0 Å². The lowest BCUT2D eigenvalue weighted by atomic mass is 9.92. The number of rotatable bonds is 7. The van der Waals surface area contributed by atoms with Gasteiger partial charge in [0.1, 0.15) is 5.75 Å². The Balaban J connectivity index is 1.21. The van der Waals surface area contributed by atoms with Crippen LogP contribution in [0.5, 0.6) is 5.75 Å². The molecule has 1 heterocycles. The van der Waals surface area contributed by atoms with Gasteiger partial charge in [-0.15, -0.1) is 0 Å². The van der Waals surface area contributed by atoms with Crippen LogP contribution in [0.3, 0.4) is 0 Å². The van der Waals surface area contributed by atoms with E-state index in [2.05, 4.69) is 46.6 Å². The molecule has 0 fully saturated rings. The third-order valence-electron chi connectivity index (χ3n) is 5.89. The fourth-order valence-electron chi connectivity index (χ4n) is 4.30. The van der Waals surface area contributed by atoms with E-state index in [1.165, 1.54) is 35.2 Å². The van der Waals surface area contributed by atoms with Crippen molar-refractivity contribution in [1.82, 2.24) is 5.32 Å². The van der Waals surface area contributed by atoms with E-state index in [0.717, 1.165) is 44.5 Å². The highest BCUT2D eigenvalue weighted by Gasteiger charge is 2.19. The number of hydrogen-bond donors (Lipinski definition) is 1. The molecular weight excluding hydrogens is 348 g/mol. The number of ether oxygens (including phenoxy) is 1. The maximum Gasteiger partial charge on any atom is 0.260 e. The highest BCUT2D eigenvalue weighted by Crippen LogP contribution is 2.27. The molecule has 4 nitrogen and oxygen atoms in total. The number of nitrogens with one attached hydrogen (secondary N) is 1. The van der Waals surface area contributed by atoms with Gasteiger partial charge in [0.15, 0.2) is 6.10 Å². The first-order valence-electron chi connectivity index (χ1n) is 10.6. The predicted molar refractivity (Wildman–Crippen MR) is 113 cm³/mol. The molecule has 4 heteroatoms. The summed E-state index contributed by atoms with van der Waals surface area (Å²) >= 11 is 0. The Kier molecular flexibility index (Phi) is 5.84. The van der Waals surface area contributed by atoms with Crippen LogP contribution < -0.4 is 15.0 Å². The summed E-state index contributed by atoms with van der Waals surface area (Å²) in [5.41, 5.74) is 5.58. The Labute approximate surface area is 167 Å². The molecule has 0 saturated heterocycles. The van der Waals surface area contributed by atoms with Crippen molar-refractivity contribution in [1.29, 1.82) is 0 Å². The van der Waals surface area contributed by atoms with E-state index in [-0.39, 0.29) is 5.91 Å². The van der Waals surface area contributed by atoms with Gasteiger partial charge in [-0.1, -0.05) is 24.3 Å².